The maximum absolute atomic E-state index is 13.4. The summed E-state index contributed by atoms with van der Waals surface area (Å²) in [4.78, 5) is 6.74. The van der Waals surface area contributed by atoms with E-state index in [-0.39, 0.29) is 11.9 Å². The Hall–Kier alpha value is -1.87. The zero-order chi connectivity index (χ0) is 20.8. The van der Waals surface area contributed by atoms with Crippen molar-refractivity contribution >= 4 is 21.7 Å². The van der Waals surface area contributed by atoms with Crippen LogP contribution in [0.4, 0.5) is 10.1 Å². The fraction of sp³-hybridized carbons (Fsp3) is 0.632. The van der Waals surface area contributed by atoms with Gasteiger partial charge in [0, 0.05) is 36.9 Å². The van der Waals surface area contributed by atoms with E-state index in [4.69, 9.17) is 0 Å². The van der Waals surface area contributed by atoms with E-state index < -0.39 is 15.6 Å². The van der Waals surface area contributed by atoms with E-state index in [9.17, 15) is 12.8 Å². The second-order valence-electron chi connectivity index (χ2n) is 7.84. The molecule has 1 heterocycles. The van der Waals surface area contributed by atoms with Gasteiger partial charge in [-0.05, 0) is 51.8 Å². The zero-order valence-corrected chi connectivity index (χ0v) is 17.9. The third-order valence-corrected chi connectivity index (χ3v) is 5.37. The van der Waals surface area contributed by atoms with Gasteiger partial charge in [0.05, 0.1) is 12.8 Å². The zero-order valence-electron chi connectivity index (χ0n) is 17.1. The maximum Gasteiger partial charge on any atom is 0.209 e. The minimum absolute atomic E-state index is 0.218. The number of halogens is 1. The predicted molar refractivity (Wildman–Crippen MR) is 113 cm³/mol. The first-order chi connectivity index (χ1) is 13.1. The molecule has 1 aromatic rings. The van der Waals surface area contributed by atoms with Crippen LogP contribution in [0.1, 0.15) is 33.6 Å². The summed E-state index contributed by atoms with van der Waals surface area (Å²) in [6, 6.07) is 6.94. The molecule has 0 unspecified atom stereocenters. The van der Waals surface area contributed by atoms with E-state index in [0.717, 1.165) is 37.9 Å². The van der Waals surface area contributed by atoms with Gasteiger partial charge in [-0.3, -0.25) is 4.99 Å². The Bertz CT molecular complexity index is 774. The number of sulfonamides is 1. The van der Waals surface area contributed by atoms with Gasteiger partial charge >= 0.3 is 0 Å². The Morgan fingerprint density at radius 2 is 2.00 bits per heavy atom. The molecule has 1 aliphatic heterocycles. The highest BCUT2D eigenvalue weighted by Gasteiger charge is 2.23. The normalized spacial score (nSPS) is 16.9. The highest BCUT2D eigenvalue weighted by molar-refractivity contribution is 7.88. The summed E-state index contributed by atoms with van der Waals surface area (Å²) in [7, 11) is -3.30. The maximum atomic E-state index is 13.4. The molecule has 1 saturated heterocycles. The molecule has 1 fully saturated rings. The average Bonchev–Trinajstić information content (AvgIpc) is 2.58. The monoisotopic (exact) mass is 413 g/mol. The number of hydrogen-bond donors (Lipinski definition) is 3. The van der Waals surface area contributed by atoms with Gasteiger partial charge in [0.15, 0.2) is 5.96 Å². The predicted octanol–water partition coefficient (Wildman–Crippen LogP) is 1.68. The summed E-state index contributed by atoms with van der Waals surface area (Å²) in [5, 5.41) is 6.65. The van der Waals surface area contributed by atoms with Crippen LogP contribution in [0.3, 0.4) is 0 Å². The molecule has 0 bridgehead atoms. The molecule has 0 atom stereocenters. The van der Waals surface area contributed by atoms with Crippen LogP contribution < -0.4 is 20.3 Å². The van der Waals surface area contributed by atoms with E-state index >= 15 is 0 Å². The summed E-state index contributed by atoms with van der Waals surface area (Å²) in [5.41, 5.74) is 0.240. The number of nitrogens with zero attached hydrogens (tertiary/aromatic N) is 2. The van der Waals surface area contributed by atoms with E-state index in [2.05, 4.69) is 25.2 Å². The quantitative estimate of drug-likeness (QED) is 0.468. The van der Waals surface area contributed by atoms with Crippen molar-refractivity contribution in [3.05, 3.63) is 30.1 Å². The molecule has 0 spiro atoms. The fourth-order valence-electron chi connectivity index (χ4n) is 3.28. The lowest BCUT2D eigenvalue weighted by Crippen LogP contribution is -2.50. The van der Waals surface area contributed by atoms with Gasteiger partial charge in [0.2, 0.25) is 10.0 Å². The Morgan fingerprint density at radius 3 is 2.57 bits per heavy atom. The number of aliphatic imine (C=N–C) groups is 1. The van der Waals surface area contributed by atoms with Crippen LogP contribution in [-0.4, -0.2) is 58.4 Å². The van der Waals surface area contributed by atoms with Gasteiger partial charge in [-0.2, -0.15) is 0 Å². The summed E-state index contributed by atoms with van der Waals surface area (Å²) < 4.78 is 39.0. The smallest absolute Gasteiger partial charge is 0.209 e. The summed E-state index contributed by atoms with van der Waals surface area (Å²) in [5.74, 6) is 0.458. The number of benzene rings is 1. The molecule has 158 valence electrons. The molecule has 2 rings (SSSR count). The minimum Gasteiger partial charge on any atom is -0.371 e. The van der Waals surface area contributed by atoms with Crippen LogP contribution in [0.2, 0.25) is 0 Å². The van der Waals surface area contributed by atoms with Crippen molar-refractivity contribution < 1.29 is 12.8 Å². The van der Waals surface area contributed by atoms with E-state index in [1.807, 2.05) is 13.0 Å². The molecule has 0 amide bonds. The second-order valence-corrected chi connectivity index (χ2v) is 9.59. The topological polar surface area (TPSA) is 85.8 Å². The summed E-state index contributed by atoms with van der Waals surface area (Å²) in [6.45, 7) is 8.30. The van der Waals surface area contributed by atoms with Crippen molar-refractivity contribution in [2.24, 2.45) is 4.99 Å². The van der Waals surface area contributed by atoms with Crippen molar-refractivity contribution in [2.75, 3.05) is 37.3 Å². The molecule has 9 heteroatoms. The Labute approximate surface area is 167 Å². The van der Waals surface area contributed by atoms with Crippen LogP contribution in [0.15, 0.2) is 29.3 Å². The number of rotatable bonds is 7. The SMILES string of the molecule is CCNC(=NCC(C)(C)NS(C)(=O)=O)NC1CCN(c2cccc(F)c2)CC1. The van der Waals surface area contributed by atoms with E-state index in [1.165, 1.54) is 6.07 Å². The first-order valence-electron chi connectivity index (χ1n) is 9.62. The van der Waals surface area contributed by atoms with Crippen molar-refractivity contribution in [1.29, 1.82) is 0 Å². The molecule has 0 aromatic heterocycles. The standard InChI is InChI=1S/C19H32FN5O2S/c1-5-21-18(22-14-19(2,3)24-28(4,26)27)23-16-9-11-25(12-10-16)17-8-6-7-15(20)13-17/h6-8,13,16,24H,5,9-12,14H2,1-4H3,(H2,21,22,23). The van der Waals surface area contributed by atoms with E-state index in [1.54, 1.807) is 26.0 Å². The average molecular weight is 414 g/mol. The van der Waals surface area contributed by atoms with Crippen molar-refractivity contribution in [3.63, 3.8) is 0 Å². The van der Waals surface area contributed by atoms with Crippen molar-refractivity contribution in [3.8, 4) is 0 Å². The molecule has 1 aliphatic rings. The number of anilines is 1. The van der Waals surface area contributed by atoms with Crippen LogP contribution >= 0.6 is 0 Å². The Morgan fingerprint density at radius 1 is 1.32 bits per heavy atom. The molecular formula is C19H32FN5O2S. The molecule has 3 N–H and O–H groups in total. The highest BCUT2D eigenvalue weighted by atomic mass is 32.2. The molecule has 28 heavy (non-hydrogen) atoms. The molecular weight excluding hydrogens is 381 g/mol. The van der Waals surface area contributed by atoms with Gasteiger partial charge < -0.3 is 15.5 Å². The van der Waals surface area contributed by atoms with Crippen LogP contribution in [0, 0.1) is 5.82 Å². The number of nitrogens with one attached hydrogen (secondary N) is 3. The number of guanidine groups is 1. The second kappa shape index (κ2) is 9.56. The van der Waals surface area contributed by atoms with Gasteiger partial charge in [0.25, 0.3) is 0 Å². The van der Waals surface area contributed by atoms with Gasteiger partial charge in [-0.15, -0.1) is 0 Å². The third-order valence-electron chi connectivity index (χ3n) is 4.45. The first-order valence-corrected chi connectivity index (χ1v) is 11.5. The van der Waals surface area contributed by atoms with Crippen LogP contribution in [-0.2, 0) is 10.0 Å². The molecule has 0 saturated carbocycles. The number of hydrogen-bond acceptors (Lipinski definition) is 4. The Balaban J connectivity index is 1.92. The third kappa shape index (κ3) is 7.63. The minimum atomic E-state index is -3.30. The summed E-state index contributed by atoms with van der Waals surface area (Å²) >= 11 is 0. The summed E-state index contributed by atoms with van der Waals surface area (Å²) in [6.07, 6.45) is 2.96. The Kier molecular flexibility index (Phi) is 7.65. The van der Waals surface area contributed by atoms with Gasteiger partial charge in [-0.25, -0.2) is 17.5 Å². The molecule has 7 nitrogen and oxygen atoms in total. The molecule has 0 aliphatic carbocycles. The molecule has 1 aromatic carbocycles. The lowest BCUT2D eigenvalue weighted by Gasteiger charge is -2.34. The van der Waals surface area contributed by atoms with Crippen LogP contribution in [0.25, 0.3) is 0 Å². The largest absolute Gasteiger partial charge is 0.371 e. The highest BCUT2D eigenvalue weighted by Crippen LogP contribution is 2.20. The fourth-order valence-corrected chi connectivity index (χ4v) is 4.35. The van der Waals surface area contributed by atoms with Crippen LogP contribution in [0.5, 0.6) is 0 Å². The molecule has 0 radical (unpaired) electrons. The van der Waals surface area contributed by atoms with E-state index in [0.29, 0.717) is 19.0 Å². The lowest BCUT2D eigenvalue weighted by molar-refractivity contribution is 0.450. The van der Waals surface area contributed by atoms with Crippen molar-refractivity contribution in [1.82, 2.24) is 15.4 Å². The van der Waals surface area contributed by atoms with Gasteiger partial charge in [0.1, 0.15) is 5.82 Å². The van der Waals surface area contributed by atoms with Gasteiger partial charge in [-0.1, -0.05) is 6.07 Å². The number of piperidine rings is 1. The van der Waals surface area contributed by atoms with Crippen molar-refractivity contribution in [2.45, 2.75) is 45.2 Å². The lowest BCUT2D eigenvalue weighted by atomic mass is 10.0. The first kappa shape index (κ1) is 22.4.